The summed E-state index contributed by atoms with van der Waals surface area (Å²) in [4.78, 5) is 2.34. The van der Waals surface area contributed by atoms with Gasteiger partial charge >= 0.3 is 0 Å². The van der Waals surface area contributed by atoms with Gasteiger partial charge in [0.25, 0.3) is 0 Å². The minimum Gasteiger partial charge on any atom is -0.456 e. The van der Waals surface area contributed by atoms with E-state index in [1.807, 2.05) is 36.4 Å². The van der Waals surface area contributed by atoms with Crippen molar-refractivity contribution in [1.29, 1.82) is 0 Å². The Morgan fingerprint density at radius 2 is 0.473 bits per heavy atom. The Kier molecular flexibility index (Phi) is 21.6. The second-order valence-corrected chi connectivity index (χ2v) is 32.6. The van der Waals surface area contributed by atoms with Gasteiger partial charge in [0.1, 0.15) is 22.3 Å². The third-order valence-electron chi connectivity index (χ3n) is 24.9. The summed E-state index contributed by atoms with van der Waals surface area (Å²) >= 11 is 0. The number of aromatic nitrogens is 2. The van der Waals surface area contributed by atoms with Gasteiger partial charge in [-0.25, -0.2) is 0 Å². The maximum absolute atomic E-state index is 6.24. The predicted octanol–water partition coefficient (Wildman–Crippen LogP) is 34.8. The molecule has 6 heteroatoms. The number of aryl methyl sites for hydroxylation is 1. The molecule has 20 aromatic carbocycles. The third-order valence-corrected chi connectivity index (χ3v) is 24.9. The van der Waals surface area contributed by atoms with Crippen LogP contribution in [-0.4, -0.2) is 9.13 Å². The van der Waals surface area contributed by atoms with E-state index in [-0.39, 0.29) is 7.43 Å². The van der Waals surface area contributed by atoms with Crippen LogP contribution in [0.2, 0.25) is 0 Å². The van der Waals surface area contributed by atoms with Gasteiger partial charge in [0.15, 0.2) is 0 Å². The number of nitrogens with one attached hydrogen (secondary N) is 1. The standard InChI is InChI=1S/C60H40N2O.C32H25N.C30H21NO.CH4/c1-2-12-41(13-3-1)42-24-32-48(33-25-42)61(50-38-30-45(31-39-50)52-19-11-23-59-60(52)55-18-6-9-22-58(55)63-59)49-34-26-43(27-35-49)46-14-10-15-47(40-46)44-28-36-51(37-29-44)62-56-20-7-4-16-53(56)54-17-5-8-21-57(54)62;1-2-23-14-16-24(17-15-23)26-8-7-9-27(22-26)25-18-20-28(21-19-25)33-31-12-5-3-10-29(31)30-11-4-6-13-32(30)33;1-2-7-21(8-3-1)22-13-17-24(18-14-22)31-25-19-15-23(16-20-25)26-10-6-12-29-30(26)27-9-4-5-11-28(27)32-29;/h1-40H;3-22H,2H2,1H3;1-20,31H;1H4. The highest BCUT2D eigenvalue weighted by Gasteiger charge is 2.20. The molecule has 24 aromatic rings. The fraction of sp³-hybridized carbons (Fsp3) is 0.0244. The van der Waals surface area contributed by atoms with Crippen molar-refractivity contribution in [1.82, 2.24) is 9.13 Å². The molecule has 4 aromatic heterocycles. The number of anilines is 5. The second kappa shape index (κ2) is 35.1. The Morgan fingerprint density at radius 1 is 0.217 bits per heavy atom. The molecule has 0 fully saturated rings. The van der Waals surface area contributed by atoms with Gasteiger partial charge in [-0.2, -0.15) is 0 Å². The summed E-state index contributed by atoms with van der Waals surface area (Å²) in [7, 11) is 0. The van der Waals surface area contributed by atoms with Gasteiger partial charge in [0.2, 0.25) is 0 Å². The fourth-order valence-electron chi connectivity index (χ4n) is 18.5. The number of hydrogen-bond acceptors (Lipinski definition) is 4. The van der Waals surface area contributed by atoms with Crippen molar-refractivity contribution in [3.05, 3.63) is 491 Å². The summed E-state index contributed by atoms with van der Waals surface area (Å²) in [6.45, 7) is 2.19. The maximum Gasteiger partial charge on any atom is 0.136 e. The number of nitrogens with zero attached hydrogens (tertiary/aromatic N) is 3. The Bertz CT molecular complexity index is 8000. The summed E-state index contributed by atoms with van der Waals surface area (Å²) in [5.74, 6) is 0. The number of fused-ring (bicyclic) bond motifs is 12. The van der Waals surface area contributed by atoms with E-state index < -0.39 is 0 Å². The molecule has 0 aliphatic rings. The van der Waals surface area contributed by atoms with E-state index in [0.717, 1.165) is 95.7 Å². The number of furan rings is 2. The predicted molar refractivity (Wildman–Crippen MR) is 547 cm³/mol. The van der Waals surface area contributed by atoms with Crippen molar-refractivity contribution in [3.8, 4) is 100 Å². The van der Waals surface area contributed by atoms with Crippen LogP contribution in [0.25, 0.3) is 188 Å². The second-order valence-electron chi connectivity index (χ2n) is 32.6. The molecule has 6 nitrogen and oxygen atoms in total. The summed E-state index contributed by atoms with van der Waals surface area (Å²) in [5, 5.41) is 13.2. The highest BCUT2D eigenvalue weighted by atomic mass is 16.3. The molecule has 0 saturated carbocycles. The zero-order valence-electron chi connectivity index (χ0n) is 70.6. The number of rotatable bonds is 16. The lowest BCUT2D eigenvalue weighted by atomic mass is 9.98. The van der Waals surface area contributed by atoms with Gasteiger partial charge in [0, 0.05) is 82.9 Å². The molecule has 614 valence electrons. The molecule has 0 atom stereocenters. The van der Waals surface area contributed by atoms with Crippen LogP contribution in [0, 0.1) is 0 Å². The smallest absolute Gasteiger partial charge is 0.136 e. The third kappa shape index (κ3) is 15.6. The number of para-hydroxylation sites is 6. The lowest BCUT2D eigenvalue weighted by Gasteiger charge is -2.26. The van der Waals surface area contributed by atoms with Gasteiger partial charge in [-0.3, -0.25) is 0 Å². The van der Waals surface area contributed by atoms with Crippen molar-refractivity contribution < 1.29 is 8.83 Å². The maximum atomic E-state index is 6.24. The van der Waals surface area contributed by atoms with Gasteiger partial charge in [0.05, 0.1) is 22.1 Å². The van der Waals surface area contributed by atoms with Crippen LogP contribution in [0.3, 0.4) is 0 Å². The van der Waals surface area contributed by atoms with Crippen LogP contribution in [0.15, 0.2) is 494 Å². The van der Waals surface area contributed by atoms with Gasteiger partial charge < -0.3 is 28.2 Å². The molecule has 129 heavy (non-hydrogen) atoms. The van der Waals surface area contributed by atoms with Gasteiger partial charge in [-0.05, 0) is 247 Å². The molecule has 0 radical (unpaired) electrons. The van der Waals surface area contributed by atoms with Crippen molar-refractivity contribution in [3.63, 3.8) is 0 Å². The summed E-state index contributed by atoms with van der Waals surface area (Å²) in [6, 6.07) is 173. The fourth-order valence-corrected chi connectivity index (χ4v) is 18.5. The summed E-state index contributed by atoms with van der Waals surface area (Å²) < 4.78 is 17.0. The molecule has 0 bridgehead atoms. The Labute approximate surface area is 751 Å². The zero-order valence-corrected chi connectivity index (χ0v) is 70.6. The monoisotopic (exact) mass is 1650 g/mol. The molecule has 24 rings (SSSR count). The normalized spacial score (nSPS) is 11.3. The van der Waals surface area contributed by atoms with Crippen LogP contribution in [0.1, 0.15) is 19.9 Å². The van der Waals surface area contributed by atoms with E-state index in [1.54, 1.807) is 0 Å². The zero-order chi connectivity index (χ0) is 85.2. The van der Waals surface area contributed by atoms with Crippen LogP contribution < -0.4 is 10.2 Å². The molecular weight excluding hydrogens is 1570 g/mol. The molecule has 0 unspecified atom stereocenters. The lowest BCUT2D eigenvalue weighted by Crippen LogP contribution is -2.09. The minimum atomic E-state index is 0. The largest absolute Gasteiger partial charge is 0.456 e. The molecule has 0 aliphatic carbocycles. The van der Waals surface area contributed by atoms with E-state index in [9.17, 15) is 0 Å². The number of benzene rings is 20. The van der Waals surface area contributed by atoms with Crippen molar-refractivity contribution in [2.45, 2.75) is 20.8 Å². The summed E-state index contributed by atoms with van der Waals surface area (Å²) in [6.07, 6.45) is 1.07. The Balaban J connectivity index is 0.000000129. The highest BCUT2D eigenvalue weighted by molar-refractivity contribution is 6.15. The first-order chi connectivity index (χ1) is 63.4. The van der Waals surface area contributed by atoms with Crippen LogP contribution in [-0.2, 0) is 6.42 Å². The van der Waals surface area contributed by atoms with Crippen LogP contribution >= 0.6 is 0 Å². The quantitative estimate of drug-likeness (QED) is 0.105. The average molecular weight is 1660 g/mol. The topological polar surface area (TPSA) is 51.4 Å². The summed E-state index contributed by atoms with van der Waals surface area (Å²) in [5.41, 5.74) is 36.8. The molecule has 4 heterocycles. The van der Waals surface area contributed by atoms with Crippen LogP contribution in [0.4, 0.5) is 28.4 Å². The van der Waals surface area contributed by atoms with E-state index in [0.29, 0.717) is 0 Å². The Morgan fingerprint density at radius 3 is 0.829 bits per heavy atom. The molecule has 0 spiro atoms. The first-order valence-electron chi connectivity index (χ1n) is 43.9. The molecular formula is C123H90N4O2. The lowest BCUT2D eigenvalue weighted by molar-refractivity contribution is 0.668. The number of hydrogen-bond donors (Lipinski definition) is 1. The molecule has 0 saturated heterocycles. The van der Waals surface area contributed by atoms with E-state index in [2.05, 4.69) is 475 Å². The first-order valence-corrected chi connectivity index (χ1v) is 43.9. The molecule has 1 N–H and O–H groups in total. The molecule has 0 amide bonds. The minimum absolute atomic E-state index is 0. The molecule has 0 aliphatic heterocycles. The van der Waals surface area contributed by atoms with Crippen molar-refractivity contribution in [2.24, 2.45) is 0 Å². The SMILES string of the molecule is C.CCc1ccc(-c2cccc(-c3ccc(-n4c5ccccc5c5ccccc54)cc3)c2)cc1.c1ccc(-c2ccc(N(c3ccc(-c4cccc(-c5ccc(-n6c7ccccc7c7ccccc76)cc5)c4)cc3)c3ccc(-c4cccc5oc6ccccc6c45)cc3)cc2)cc1.c1ccc(-c2ccc(Nc3ccc(-c4cccc5oc6ccccc6c45)cc3)cc2)cc1. The van der Waals surface area contributed by atoms with E-state index in [1.165, 1.54) is 133 Å². The van der Waals surface area contributed by atoms with Crippen LogP contribution in [0.5, 0.6) is 0 Å². The van der Waals surface area contributed by atoms with Crippen molar-refractivity contribution >= 4 is 116 Å². The highest BCUT2D eigenvalue weighted by Crippen LogP contribution is 2.44. The van der Waals surface area contributed by atoms with Crippen molar-refractivity contribution in [2.75, 3.05) is 10.2 Å². The first kappa shape index (κ1) is 79.4. The van der Waals surface area contributed by atoms with Gasteiger partial charge in [-0.1, -0.05) is 354 Å². The van der Waals surface area contributed by atoms with E-state index in [4.69, 9.17) is 8.83 Å². The Hall–Kier alpha value is -16.8. The van der Waals surface area contributed by atoms with Gasteiger partial charge in [-0.15, -0.1) is 0 Å². The van der Waals surface area contributed by atoms with E-state index >= 15 is 0 Å². The average Bonchev–Trinajstić information content (AvgIpc) is 1.60.